The lowest BCUT2D eigenvalue weighted by molar-refractivity contribution is -0.133. The molecule has 0 spiro atoms. The Hall–Kier alpha value is -2.01. The minimum Gasteiger partial charge on any atom is -0.478 e. The van der Waals surface area contributed by atoms with Gasteiger partial charge in [0.2, 0.25) is 0 Å². The molecular weight excluding hydrogens is 296 g/mol. The predicted molar refractivity (Wildman–Crippen MR) is 92.1 cm³/mol. The van der Waals surface area contributed by atoms with Crippen LogP contribution in [0.2, 0.25) is 0 Å². The van der Waals surface area contributed by atoms with Crippen molar-refractivity contribution in [1.29, 1.82) is 0 Å². The molecule has 0 bridgehead atoms. The Labute approximate surface area is 135 Å². The van der Waals surface area contributed by atoms with Gasteiger partial charge in [-0.05, 0) is 24.5 Å². The van der Waals surface area contributed by atoms with Crippen molar-refractivity contribution >= 4 is 22.9 Å². The van der Waals surface area contributed by atoms with E-state index in [0.717, 1.165) is 22.9 Å². The number of aliphatic imine (C=N–C) groups is 1. The molecule has 0 radical (unpaired) electrons. The monoisotopic (exact) mass is 316 g/mol. The quantitative estimate of drug-likeness (QED) is 0.816. The Kier molecular flexibility index (Phi) is 5.44. The molecule has 0 saturated heterocycles. The average Bonchev–Trinajstić information content (AvgIpc) is 2.52. The summed E-state index contributed by atoms with van der Waals surface area (Å²) in [5, 5.41) is 13.3. The molecule has 2 rings (SSSR count). The number of benzene rings is 1. The topological polar surface area (TPSA) is 61.7 Å². The fourth-order valence-corrected chi connectivity index (χ4v) is 2.99. The van der Waals surface area contributed by atoms with Crippen molar-refractivity contribution in [2.75, 3.05) is 5.75 Å². The summed E-state index contributed by atoms with van der Waals surface area (Å²) in [6.07, 6.45) is 2.75. The van der Waals surface area contributed by atoms with Crippen molar-refractivity contribution in [2.24, 2.45) is 4.99 Å². The van der Waals surface area contributed by atoms with Crippen LogP contribution in [0.15, 0.2) is 53.2 Å². The van der Waals surface area contributed by atoms with Crippen molar-refractivity contribution in [1.82, 2.24) is 5.32 Å². The summed E-state index contributed by atoms with van der Waals surface area (Å²) in [5.41, 5.74) is 3.05. The van der Waals surface area contributed by atoms with Crippen molar-refractivity contribution < 1.29 is 9.90 Å². The molecule has 1 aliphatic rings. The van der Waals surface area contributed by atoms with Gasteiger partial charge in [-0.25, -0.2) is 9.79 Å². The van der Waals surface area contributed by atoms with Gasteiger partial charge >= 0.3 is 5.97 Å². The number of aliphatic carboxylic acids is 1. The van der Waals surface area contributed by atoms with Crippen molar-refractivity contribution in [2.45, 2.75) is 26.3 Å². The van der Waals surface area contributed by atoms with Gasteiger partial charge in [-0.15, -0.1) is 6.58 Å². The summed E-state index contributed by atoms with van der Waals surface area (Å²) >= 11 is 1.51. The molecule has 0 saturated carbocycles. The van der Waals surface area contributed by atoms with Crippen LogP contribution in [0.3, 0.4) is 0 Å². The lowest BCUT2D eigenvalue weighted by atomic mass is 9.95. The average molecular weight is 316 g/mol. The van der Waals surface area contributed by atoms with E-state index in [1.807, 2.05) is 24.3 Å². The molecule has 0 amide bonds. The molecular formula is C17H20N2O2S. The van der Waals surface area contributed by atoms with Gasteiger partial charge in [0, 0.05) is 11.4 Å². The number of rotatable bonds is 5. The molecule has 1 aliphatic heterocycles. The molecule has 22 heavy (non-hydrogen) atoms. The summed E-state index contributed by atoms with van der Waals surface area (Å²) in [5.74, 6) is -0.214. The van der Waals surface area contributed by atoms with Gasteiger partial charge in [0.25, 0.3) is 0 Å². The molecule has 4 nitrogen and oxygen atoms in total. The molecule has 116 valence electrons. The molecule has 1 heterocycles. The van der Waals surface area contributed by atoms with Crippen LogP contribution in [0.4, 0.5) is 0 Å². The molecule has 1 aromatic carbocycles. The van der Waals surface area contributed by atoms with Crippen LogP contribution in [0, 0.1) is 0 Å². The van der Waals surface area contributed by atoms with Crippen molar-refractivity contribution in [3.05, 3.63) is 59.3 Å². The molecule has 1 atom stereocenters. The molecule has 2 N–H and O–H groups in total. The van der Waals surface area contributed by atoms with E-state index >= 15 is 0 Å². The van der Waals surface area contributed by atoms with E-state index in [1.165, 1.54) is 17.3 Å². The lowest BCUT2D eigenvalue weighted by Crippen LogP contribution is -2.29. The normalized spacial score (nSPS) is 17.7. The highest BCUT2D eigenvalue weighted by molar-refractivity contribution is 8.13. The summed E-state index contributed by atoms with van der Waals surface area (Å²) in [4.78, 5) is 16.2. The van der Waals surface area contributed by atoms with Gasteiger partial charge in [0.05, 0.1) is 5.57 Å². The van der Waals surface area contributed by atoms with E-state index in [9.17, 15) is 9.90 Å². The smallest absolute Gasteiger partial charge is 0.335 e. The number of thioether (sulfide) groups is 1. The standard InChI is InChI=1S/C17H20N2O2S/c1-4-10-22-17-18-11(3)14(16(20)21)15(19-17)13-8-6-12(5-2)7-9-13/h4,6-9,15H,1,5,10H2,2-3H3,(H,18,19)(H,20,21). The van der Waals surface area contributed by atoms with Crippen LogP contribution in [0.1, 0.15) is 31.0 Å². The fourth-order valence-electron chi connectivity index (χ4n) is 2.31. The second-order valence-electron chi connectivity index (χ2n) is 5.00. The summed E-state index contributed by atoms with van der Waals surface area (Å²) in [6, 6.07) is 7.50. The number of nitrogens with one attached hydrogen (secondary N) is 1. The number of amidine groups is 1. The molecule has 1 unspecified atom stereocenters. The molecule has 1 aromatic rings. The Balaban J connectivity index is 2.39. The number of carboxylic acids is 1. The highest BCUT2D eigenvalue weighted by Gasteiger charge is 2.28. The first-order valence-corrected chi connectivity index (χ1v) is 8.16. The van der Waals surface area contributed by atoms with Crippen LogP contribution in [-0.4, -0.2) is 22.0 Å². The van der Waals surface area contributed by atoms with Gasteiger partial charge in [-0.3, -0.25) is 0 Å². The number of allylic oxidation sites excluding steroid dienone is 1. The molecule has 5 heteroatoms. The zero-order chi connectivity index (χ0) is 16.1. The first-order valence-electron chi connectivity index (χ1n) is 7.18. The lowest BCUT2D eigenvalue weighted by Gasteiger charge is -2.24. The minimum absolute atomic E-state index is 0.298. The SMILES string of the molecule is C=CCSC1=NC(c2ccc(CC)cc2)C(C(=O)O)=C(C)N1. The maximum atomic E-state index is 11.6. The Morgan fingerprint density at radius 1 is 1.45 bits per heavy atom. The van der Waals surface area contributed by atoms with E-state index in [-0.39, 0.29) is 0 Å². The zero-order valence-corrected chi connectivity index (χ0v) is 13.6. The maximum Gasteiger partial charge on any atom is 0.335 e. The Morgan fingerprint density at radius 3 is 2.68 bits per heavy atom. The maximum absolute atomic E-state index is 11.6. The first kappa shape index (κ1) is 16.4. The summed E-state index contributed by atoms with van der Waals surface area (Å²) in [7, 11) is 0. The van der Waals surface area contributed by atoms with E-state index in [4.69, 9.17) is 0 Å². The van der Waals surface area contributed by atoms with Crippen LogP contribution in [-0.2, 0) is 11.2 Å². The second-order valence-corrected chi connectivity index (χ2v) is 6.01. The third kappa shape index (κ3) is 3.60. The number of aryl methyl sites for hydroxylation is 1. The van der Waals surface area contributed by atoms with Gasteiger partial charge < -0.3 is 10.4 Å². The van der Waals surface area contributed by atoms with Gasteiger partial charge in [0.1, 0.15) is 6.04 Å². The number of nitrogens with zero attached hydrogens (tertiary/aromatic N) is 1. The van der Waals surface area contributed by atoms with Crippen molar-refractivity contribution in [3.63, 3.8) is 0 Å². The van der Waals surface area contributed by atoms with Crippen molar-refractivity contribution in [3.8, 4) is 0 Å². The van der Waals surface area contributed by atoms with Crippen LogP contribution >= 0.6 is 11.8 Å². The van der Waals surface area contributed by atoms with Crippen LogP contribution < -0.4 is 5.32 Å². The molecule has 0 aromatic heterocycles. The van der Waals surface area contributed by atoms with Gasteiger partial charge in [-0.1, -0.05) is 49.0 Å². The largest absolute Gasteiger partial charge is 0.478 e. The van der Waals surface area contributed by atoms with E-state index < -0.39 is 12.0 Å². The number of carbonyl (C=O) groups is 1. The third-order valence-electron chi connectivity index (χ3n) is 3.49. The van der Waals surface area contributed by atoms with E-state index in [0.29, 0.717) is 11.3 Å². The highest BCUT2D eigenvalue weighted by Crippen LogP contribution is 2.32. The van der Waals surface area contributed by atoms with Gasteiger partial charge in [-0.2, -0.15) is 0 Å². The predicted octanol–water partition coefficient (Wildman–Crippen LogP) is 3.53. The van der Waals surface area contributed by atoms with Gasteiger partial charge in [0.15, 0.2) is 5.17 Å². The first-order chi connectivity index (χ1) is 10.6. The Morgan fingerprint density at radius 2 is 2.14 bits per heavy atom. The number of hydrogen-bond donors (Lipinski definition) is 2. The molecule has 0 fully saturated rings. The second kappa shape index (κ2) is 7.31. The zero-order valence-electron chi connectivity index (χ0n) is 12.8. The van der Waals surface area contributed by atoms with Crippen LogP contribution in [0.5, 0.6) is 0 Å². The third-order valence-corrected chi connectivity index (χ3v) is 4.37. The number of hydrogen-bond acceptors (Lipinski definition) is 4. The highest BCUT2D eigenvalue weighted by atomic mass is 32.2. The van der Waals surface area contributed by atoms with E-state index in [2.05, 4.69) is 23.8 Å². The minimum atomic E-state index is -0.939. The fraction of sp³-hybridized carbons (Fsp3) is 0.294. The Bertz CT molecular complexity index is 633. The summed E-state index contributed by atoms with van der Waals surface area (Å²) < 4.78 is 0. The van der Waals surface area contributed by atoms with E-state index in [1.54, 1.807) is 13.0 Å². The summed E-state index contributed by atoms with van der Waals surface area (Å²) in [6.45, 7) is 7.56. The number of carboxylic acid groups (broad SMARTS) is 1. The molecule has 0 aliphatic carbocycles. The van der Waals surface area contributed by atoms with Crippen LogP contribution in [0.25, 0.3) is 0 Å².